The molecular weight excluding hydrogens is 641 g/mol. The molecule has 5 rings (SSSR count). The predicted molar refractivity (Wildman–Crippen MR) is 167 cm³/mol. The largest absolute Gasteiger partial charge is 0.396 e. The third-order valence-corrected chi connectivity index (χ3v) is 9.06. The number of thioether (sulfide) groups is 1. The lowest BCUT2D eigenvalue weighted by Gasteiger charge is -2.41. The number of rotatable bonds is 11. The van der Waals surface area contributed by atoms with Crippen LogP contribution in [0.5, 0.6) is 0 Å². The van der Waals surface area contributed by atoms with Crippen LogP contribution in [0.2, 0.25) is 0 Å². The van der Waals surface area contributed by atoms with Gasteiger partial charge in [0.15, 0.2) is 29.6 Å². The maximum atomic E-state index is 14.2. The summed E-state index contributed by atoms with van der Waals surface area (Å²) >= 11 is 1.59. The summed E-state index contributed by atoms with van der Waals surface area (Å²) in [6.45, 7) is 1.78. The van der Waals surface area contributed by atoms with Crippen molar-refractivity contribution in [2.24, 2.45) is 5.92 Å². The number of aliphatic hydroxyl groups excluding tert-OH is 2. The highest BCUT2D eigenvalue weighted by molar-refractivity contribution is 7.99. The predicted octanol–water partition coefficient (Wildman–Crippen LogP) is 6.99. The molecule has 4 aromatic carbocycles. The second kappa shape index (κ2) is 15.4. The van der Waals surface area contributed by atoms with E-state index >= 15 is 0 Å². The lowest BCUT2D eigenvalue weighted by Crippen LogP contribution is -2.38. The molecule has 4 atom stereocenters. The SMILES string of the molecule is CC1C(CSCCO)OC(c2ccc(-c3ccccc3CNC(=O)c3c(F)c(F)c(F)c(F)c3F)cc2)OC1c1ccc(CO)cc1. The van der Waals surface area contributed by atoms with Gasteiger partial charge in [0.25, 0.3) is 5.91 Å². The van der Waals surface area contributed by atoms with Gasteiger partial charge >= 0.3 is 0 Å². The monoisotopic (exact) mass is 673 g/mol. The molecule has 0 radical (unpaired) electrons. The van der Waals surface area contributed by atoms with E-state index in [1.165, 1.54) is 0 Å². The van der Waals surface area contributed by atoms with Gasteiger partial charge in [-0.25, -0.2) is 22.0 Å². The van der Waals surface area contributed by atoms with Gasteiger partial charge in [-0.1, -0.05) is 79.7 Å². The molecule has 0 spiro atoms. The lowest BCUT2D eigenvalue weighted by atomic mass is 9.91. The molecule has 3 N–H and O–H groups in total. The Morgan fingerprint density at radius 2 is 1.43 bits per heavy atom. The second-order valence-corrected chi connectivity index (χ2v) is 12.2. The smallest absolute Gasteiger partial charge is 0.257 e. The molecule has 1 aliphatic rings. The fraction of sp³-hybridized carbons (Fsp3) is 0.286. The standard InChI is InChI=1S/C35H32F5NO5S/c1-19-26(18-47-15-14-42)45-35(46-33(19)22-8-6-20(17-43)7-9-22)23-12-10-21(11-13-23)25-5-3-2-4-24(25)16-41-34(44)27-28(36)30(38)32(40)31(39)29(27)37/h2-13,19,26,33,35,42-43H,14-18H2,1H3,(H,41,44). The van der Waals surface area contributed by atoms with Gasteiger partial charge in [-0.3, -0.25) is 4.79 Å². The van der Waals surface area contributed by atoms with Gasteiger partial charge < -0.3 is 25.0 Å². The highest BCUT2D eigenvalue weighted by Crippen LogP contribution is 2.42. The zero-order valence-electron chi connectivity index (χ0n) is 25.2. The van der Waals surface area contributed by atoms with E-state index in [0.717, 1.165) is 22.3 Å². The molecule has 248 valence electrons. The molecule has 1 aliphatic heterocycles. The minimum absolute atomic E-state index is 0.0105. The molecule has 0 bridgehead atoms. The van der Waals surface area contributed by atoms with Crippen molar-refractivity contribution in [1.82, 2.24) is 5.32 Å². The van der Waals surface area contributed by atoms with Crippen LogP contribution >= 0.6 is 11.8 Å². The summed E-state index contributed by atoms with van der Waals surface area (Å²) < 4.78 is 81.9. The van der Waals surface area contributed by atoms with E-state index in [4.69, 9.17) is 9.47 Å². The molecule has 4 unspecified atom stereocenters. The number of carbonyl (C=O) groups is 1. The van der Waals surface area contributed by atoms with Crippen molar-refractivity contribution in [1.29, 1.82) is 0 Å². The number of benzene rings is 4. The summed E-state index contributed by atoms with van der Waals surface area (Å²) in [7, 11) is 0. The van der Waals surface area contributed by atoms with Crippen LogP contribution in [0.4, 0.5) is 22.0 Å². The molecular formula is C35H32F5NO5S. The van der Waals surface area contributed by atoms with Gasteiger partial charge in [0, 0.05) is 29.5 Å². The average Bonchev–Trinajstić information content (AvgIpc) is 3.10. The number of carbonyl (C=O) groups excluding carboxylic acids is 1. The summed E-state index contributed by atoms with van der Waals surface area (Å²) in [4.78, 5) is 12.5. The van der Waals surface area contributed by atoms with Crippen LogP contribution in [0.1, 0.15) is 51.9 Å². The number of aliphatic hydroxyl groups is 2. The molecule has 12 heteroatoms. The van der Waals surface area contributed by atoms with Gasteiger partial charge in [-0.15, -0.1) is 0 Å². The van der Waals surface area contributed by atoms with Crippen molar-refractivity contribution < 1.29 is 46.4 Å². The van der Waals surface area contributed by atoms with E-state index in [9.17, 15) is 37.0 Å². The van der Waals surface area contributed by atoms with Crippen molar-refractivity contribution in [3.63, 3.8) is 0 Å². The highest BCUT2D eigenvalue weighted by atomic mass is 32.2. The zero-order valence-corrected chi connectivity index (χ0v) is 26.0. The highest BCUT2D eigenvalue weighted by Gasteiger charge is 2.38. The maximum absolute atomic E-state index is 14.2. The Morgan fingerprint density at radius 3 is 2.06 bits per heavy atom. The van der Waals surface area contributed by atoms with Gasteiger partial charge in [0.2, 0.25) is 5.82 Å². The van der Waals surface area contributed by atoms with Gasteiger partial charge in [-0.2, -0.15) is 11.8 Å². The summed E-state index contributed by atoms with van der Waals surface area (Å²) in [5.74, 6) is -11.4. The Labute approximate surface area is 272 Å². The first-order chi connectivity index (χ1) is 22.6. The van der Waals surface area contributed by atoms with Crippen LogP contribution in [0.15, 0.2) is 72.8 Å². The van der Waals surface area contributed by atoms with E-state index in [-0.39, 0.29) is 37.9 Å². The summed E-state index contributed by atoms with van der Waals surface area (Å²) in [5, 5.41) is 21.0. The van der Waals surface area contributed by atoms with Crippen molar-refractivity contribution in [2.75, 3.05) is 18.1 Å². The van der Waals surface area contributed by atoms with Crippen LogP contribution in [0, 0.1) is 35.0 Å². The first kappa shape index (κ1) is 34.5. The molecule has 0 saturated carbocycles. The van der Waals surface area contributed by atoms with E-state index in [2.05, 4.69) is 12.2 Å². The summed E-state index contributed by atoms with van der Waals surface area (Å²) in [6.07, 6.45) is -1.20. The van der Waals surface area contributed by atoms with E-state index < -0.39 is 46.8 Å². The fourth-order valence-electron chi connectivity index (χ4n) is 5.42. The molecule has 1 saturated heterocycles. The van der Waals surface area contributed by atoms with Crippen molar-refractivity contribution in [3.05, 3.63) is 130 Å². The van der Waals surface area contributed by atoms with E-state index in [0.29, 0.717) is 22.6 Å². The Balaban J connectivity index is 1.35. The topological polar surface area (TPSA) is 88.0 Å². The minimum Gasteiger partial charge on any atom is -0.396 e. The van der Waals surface area contributed by atoms with Crippen LogP contribution in [-0.2, 0) is 22.6 Å². The number of nitrogens with one attached hydrogen (secondary N) is 1. The maximum Gasteiger partial charge on any atom is 0.257 e. The van der Waals surface area contributed by atoms with Crippen LogP contribution in [0.3, 0.4) is 0 Å². The number of halogens is 5. The third-order valence-electron chi connectivity index (χ3n) is 8.03. The van der Waals surface area contributed by atoms with Gasteiger partial charge in [-0.05, 0) is 27.8 Å². The first-order valence-corrected chi connectivity index (χ1v) is 16.0. The average molecular weight is 674 g/mol. The minimum atomic E-state index is -2.34. The molecule has 4 aromatic rings. The van der Waals surface area contributed by atoms with Crippen LogP contribution in [-0.4, -0.2) is 40.3 Å². The quantitative estimate of drug-likeness (QED) is 0.0689. The van der Waals surface area contributed by atoms with E-state index in [1.807, 2.05) is 48.5 Å². The molecule has 1 amide bonds. The molecule has 1 fully saturated rings. The third kappa shape index (κ3) is 7.52. The van der Waals surface area contributed by atoms with Crippen LogP contribution < -0.4 is 5.32 Å². The Kier molecular flexibility index (Phi) is 11.3. The van der Waals surface area contributed by atoms with Crippen molar-refractivity contribution >= 4 is 17.7 Å². The molecule has 1 heterocycles. The van der Waals surface area contributed by atoms with Crippen molar-refractivity contribution in [2.45, 2.75) is 38.6 Å². The molecule has 0 aliphatic carbocycles. The second-order valence-electron chi connectivity index (χ2n) is 11.0. The number of amides is 1. The Bertz CT molecular complexity index is 1680. The molecule has 47 heavy (non-hydrogen) atoms. The normalized spacial score (nSPS) is 19.5. The van der Waals surface area contributed by atoms with E-state index in [1.54, 1.807) is 36.0 Å². The summed E-state index contributed by atoms with van der Waals surface area (Å²) in [6, 6.07) is 21.8. The zero-order chi connectivity index (χ0) is 33.7. The van der Waals surface area contributed by atoms with Gasteiger partial charge in [0.05, 0.1) is 25.4 Å². The van der Waals surface area contributed by atoms with Crippen molar-refractivity contribution in [3.8, 4) is 11.1 Å². The van der Waals surface area contributed by atoms with Gasteiger partial charge in [0.1, 0.15) is 5.56 Å². The number of hydrogen-bond acceptors (Lipinski definition) is 6. The fourth-order valence-corrected chi connectivity index (χ4v) is 6.33. The Morgan fingerprint density at radius 1 is 0.809 bits per heavy atom. The first-order valence-electron chi connectivity index (χ1n) is 14.8. The molecule has 6 nitrogen and oxygen atoms in total. The van der Waals surface area contributed by atoms with Crippen LogP contribution in [0.25, 0.3) is 11.1 Å². The lowest BCUT2D eigenvalue weighted by molar-refractivity contribution is -0.268. The molecule has 0 aromatic heterocycles. The number of hydrogen-bond donors (Lipinski definition) is 3. The number of ether oxygens (including phenoxy) is 2. The Hall–Kier alpha value is -3.81. The summed E-state index contributed by atoms with van der Waals surface area (Å²) in [5.41, 5.74) is 2.84.